The molecular weight excluding hydrogens is 366 g/mol. The lowest BCUT2D eigenvalue weighted by Gasteiger charge is -2.25. The Morgan fingerprint density at radius 3 is 2.22 bits per heavy atom. The highest BCUT2D eigenvalue weighted by molar-refractivity contribution is 7.91. The monoisotopic (exact) mass is 393 g/mol. The van der Waals surface area contributed by atoms with Crippen LogP contribution in [0.4, 0.5) is 10.5 Å². The molecule has 0 unspecified atom stereocenters. The van der Waals surface area contributed by atoms with E-state index in [0.29, 0.717) is 18.8 Å². The van der Waals surface area contributed by atoms with Gasteiger partial charge in [-0.15, -0.1) is 0 Å². The lowest BCUT2D eigenvalue weighted by atomic mass is 10.1. The minimum absolute atomic E-state index is 0.0606. The minimum Gasteiger partial charge on any atom is -0.342 e. The number of urea groups is 1. The van der Waals surface area contributed by atoms with Gasteiger partial charge in [-0.25, -0.2) is 13.2 Å². The average Bonchev–Trinajstić information content (AvgIpc) is 3.07. The van der Waals surface area contributed by atoms with E-state index in [2.05, 4.69) is 6.92 Å². The van der Waals surface area contributed by atoms with E-state index in [1.807, 2.05) is 38.1 Å². The second-order valence-electron chi connectivity index (χ2n) is 7.08. The van der Waals surface area contributed by atoms with Crippen molar-refractivity contribution in [3.63, 3.8) is 0 Å². The molecular formula is C19H27N3O4S. The van der Waals surface area contributed by atoms with Gasteiger partial charge in [0.1, 0.15) is 6.54 Å². The lowest BCUT2D eigenvalue weighted by molar-refractivity contribution is -0.131. The van der Waals surface area contributed by atoms with Crippen molar-refractivity contribution in [1.29, 1.82) is 0 Å². The molecule has 2 heterocycles. The van der Waals surface area contributed by atoms with Gasteiger partial charge in [-0.1, -0.05) is 19.1 Å². The lowest BCUT2D eigenvalue weighted by Crippen LogP contribution is -2.45. The zero-order chi connectivity index (χ0) is 19.8. The summed E-state index contributed by atoms with van der Waals surface area (Å²) in [5.41, 5.74) is 1.83. The molecule has 2 aliphatic heterocycles. The Kier molecular flexibility index (Phi) is 5.46. The highest BCUT2D eigenvalue weighted by Crippen LogP contribution is 2.35. The molecule has 0 aromatic heterocycles. The standard InChI is InChI=1S/C19H27N3O4S/c1-4-14-7-9-15(10-8-14)22-17-13-27(25,26)12-16(17)21(19(22)24)11-18(23)20(5-2)6-3/h7-10,16-17H,4-6,11-13H2,1-3H3/t16-,17+/m0/s1. The third-order valence-electron chi connectivity index (χ3n) is 5.52. The average molecular weight is 394 g/mol. The molecule has 0 bridgehead atoms. The van der Waals surface area contributed by atoms with E-state index in [9.17, 15) is 18.0 Å². The first-order chi connectivity index (χ1) is 12.8. The smallest absolute Gasteiger partial charge is 0.325 e. The van der Waals surface area contributed by atoms with Crippen LogP contribution in [0, 0.1) is 0 Å². The number of amides is 3. The minimum atomic E-state index is -3.24. The molecule has 0 radical (unpaired) electrons. The second-order valence-corrected chi connectivity index (χ2v) is 9.23. The fraction of sp³-hybridized carbons (Fsp3) is 0.579. The van der Waals surface area contributed by atoms with Crippen LogP contribution in [-0.4, -0.2) is 73.4 Å². The molecule has 2 atom stereocenters. The van der Waals surface area contributed by atoms with Crippen molar-refractivity contribution in [3.8, 4) is 0 Å². The van der Waals surface area contributed by atoms with E-state index in [1.165, 1.54) is 4.90 Å². The number of hydrogen-bond donors (Lipinski definition) is 0. The van der Waals surface area contributed by atoms with E-state index in [1.54, 1.807) is 9.80 Å². The highest BCUT2D eigenvalue weighted by atomic mass is 32.2. The highest BCUT2D eigenvalue weighted by Gasteiger charge is 2.54. The number of aryl methyl sites for hydroxylation is 1. The van der Waals surface area contributed by atoms with Gasteiger partial charge >= 0.3 is 6.03 Å². The summed E-state index contributed by atoms with van der Waals surface area (Å²) >= 11 is 0. The number of rotatable bonds is 6. The molecule has 0 saturated carbocycles. The summed E-state index contributed by atoms with van der Waals surface area (Å²) < 4.78 is 24.5. The molecule has 2 aliphatic rings. The van der Waals surface area contributed by atoms with E-state index in [-0.39, 0.29) is 30.0 Å². The maximum atomic E-state index is 13.1. The second kappa shape index (κ2) is 7.50. The van der Waals surface area contributed by atoms with Crippen LogP contribution in [0.15, 0.2) is 24.3 Å². The van der Waals surface area contributed by atoms with Crippen molar-refractivity contribution in [1.82, 2.24) is 9.80 Å². The summed E-state index contributed by atoms with van der Waals surface area (Å²) in [4.78, 5) is 30.3. The van der Waals surface area contributed by atoms with Gasteiger partial charge in [0.05, 0.1) is 23.6 Å². The fourth-order valence-corrected chi connectivity index (χ4v) is 5.93. The van der Waals surface area contributed by atoms with Gasteiger partial charge in [0.25, 0.3) is 0 Å². The number of nitrogens with zero attached hydrogens (tertiary/aromatic N) is 3. The van der Waals surface area contributed by atoms with Crippen LogP contribution in [-0.2, 0) is 21.1 Å². The first-order valence-corrected chi connectivity index (χ1v) is 11.3. The normalized spacial score (nSPS) is 23.6. The Balaban J connectivity index is 1.91. The van der Waals surface area contributed by atoms with Crippen LogP contribution in [0.25, 0.3) is 0 Å². The molecule has 8 heteroatoms. The number of carbonyl (C=O) groups excluding carboxylic acids is 2. The first-order valence-electron chi connectivity index (χ1n) is 9.48. The van der Waals surface area contributed by atoms with Crippen LogP contribution >= 0.6 is 0 Å². The molecule has 0 N–H and O–H groups in total. The summed E-state index contributed by atoms with van der Waals surface area (Å²) in [6.07, 6.45) is 0.888. The molecule has 1 aromatic carbocycles. The Morgan fingerprint density at radius 1 is 1.07 bits per heavy atom. The summed E-state index contributed by atoms with van der Waals surface area (Å²) in [5.74, 6) is -0.299. The van der Waals surface area contributed by atoms with Crippen molar-refractivity contribution in [3.05, 3.63) is 29.8 Å². The molecule has 2 fully saturated rings. The SMILES string of the molecule is CCc1ccc(N2C(=O)N(CC(=O)N(CC)CC)[C@H]3CS(=O)(=O)C[C@H]32)cc1. The van der Waals surface area contributed by atoms with E-state index < -0.39 is 21.9 Å². The Labute approximate surface area is 160 Å². The van der Waals surface area contributed by atoms with Crippen molar-refractivity contribution in [2.45, 2.75) is 39.3 Å². The Bertz CT molecular complexity index is 818. The van der Waals surface area contributed by atoms with Gasteiger partial charge in [0, 0.05) is 18.8 Å². The van der Waals surface area contributed by atoms with Crippen molar-refractivity contribution in [2.24, 2.45) is 0 Å². The van der Waals surface area contributed by atoms with Crippen LogP contribution < -0.4 is 4.90 Å². The third-order valence-corrected chi connectivity index (χ3v) is 7.22. The summed E-state index contributed by atoms with van der Waals surface area (Å²) in [5, 5.41) is 0. The Morgan fingerprint density at radius 2 is 1.67 bits per heavy atom. The number of fused-ring (bicyclic) bond motifs is 1. The van der Waals surface area contributed by atoms with Gasteiger partial charge in [-0.3, -0.25) is 9.69 Å². The molecule has 7 nitrogen and oxygen atoms in total. The van der Waals surface area contributed by atoms with Gasteiger partial charge < -0.3 is 9.80 Å². The zero-order valence-corrected chi connectivity index (χ0v) is 16.9. The van der Waals surface area contributed by atoms with Crippen LogP contribution in [0.5, 0.6) is 0 Å². The van der Waals surface area contributed by atoms with Gasteiger partial charge in [0.2, 0.25) is 5.91 Å². The number of sulfone groups is 1. The molecule has 0 aliphatic carbocycles. The number of hydrogen-bond acceptors (Lipinski definition) is 4. The molecule has 27 heavy (non-hydrogen) atoms. The van der Waals surface area contributed by atoms with Gasteiger partial charge in [0.15, 0.2) is 9.84 Å². The summed E-state index contributed by atoms with van der Waals surface area (Å²) in [7, 11) is -3.24. The quantitative estimate of drug-likeness (QED) is 0.687. The van der Waals surface area contributed by atoms with E-state index in [4.69, 9.17) is 0 Å². The van der Waals surface area contributed by atoms with Crippen molar-refractivity contribution in [2.75, 3.05) is 36.0 Å². The van der Waals surface area contributed by atoms with Crippen LogP contribution in [0.1, 0.15) is 26.3 Å². The summed E-state index contributed by atoms with van der Waals surface area (Å²) in [6, 6.07) is 6.40. The van der Waals surface area contributed by atoms with E-state index >= 15 is 0 Å². The van der Waals surface area contributed by atoms with Crippen LogP contribution in [0.2, 0.25) is 0 Å². The predicted molar refractivity (Wildman–Crippen MR) is 105 cm³/mol. The van der Waals surface area contributed by atoms with Crippen molar-refractivity contribution >= 4 is 27.5 Å². The number of anilines is 1. The number of likely N-dealkylation sites (N-methyl/N-ethyl adjacent to an activating group) is 1. The van der Waals surface area contributed by atoms with Gasteiger partial charge in [-0.2, -0.15) is 0 Å². The Hall–Kier alpha value is -2.09. The first kappa shape index (κ1) is 19.7. The largest absolute Gasteiger partial charge is 0.342 e. The zero-order valence-electron chi connectivity index (χ0n) is 16.1. The molecule has 0 spiro atoms. The number of benzene rings is 1. The molecule has 148 valence electrons. The predicted octanol–water partition coefficient (Wildman–Crippen LogP) is 1.53. The molecule has 1 aromatic rings. The topological polar surface area (TPSA) is 78.0 Å². The maximum absolute atomic E-state index is 13.1. The third kappa shape index (κ3) is 3.67. The maximum Gasteiger partial charge on any atom is 0.325 e. The van der Waals surface area contributed by atoms with E-state index in [0.717, 1.165) is 12.0 Å². The molecule has 3 amide bonds. The molecule has 3 rings (SSSR count). The van der Waals surface area contributed by atoms with Gasteiger partial charge in [-0.05, 0) is 38.0 Å². The fourth-order valence-electron chi connectivity index (χ4n) is 3.98. The number of carbonyl (C=O) groups is 2. The van der Waals surface area contributed by atoms with Crippen molar-refractivity contribution < 1.29 is 18.0 Å². The van der Waals surface area contributed by atoms with Crippen LogP contribution in [0.3, 0.4) is 0 Å². The molecule has 2 saturated heterocycles. The summed E-state index contributed by atoms with van der Waals surface area (Å²) in [6.45, 7) is 6.87.